The molecule has 1 saturated heterocycles. The maximum Gasteiger partial charge on any atom is 0.227 e. The topological polar surface area (TPSA) is 55.6 Å². The maximum atomic E-state index is 12.6. The highest BCUT2D eigenvalue weighted by Gasteiger charge is 2.50. The molecule has 0 aromatic rings. The average Bonchev–Trinajstić information content (AvgIpc) is 2.99. The van der Waals surface area contributed by atoms with Gasteiger partial charge in [-0.05, 0) is 43.9 Å². The Kier molecular flexibility index (Phi) is 4.75. The van der Waals surface area contributed by atoms with E-state index < -0.39 is 0 Å². The summed E-state index contributed by atoms with van der Waals surface area (Å²) in [6, 6.07) is 0.122. The Labute approximate surface area is 121 Å². The van der Waals surface area contributed by atoms with E-state index in [-0.39, 0.29) is 24.4 Å². The van der Waals surface area contributed by atoms with Crippen LogP contribution in [0.15, 0.2) is 0 Å². The number of nitrogens with zero attached hydrogens (tertiary/aromatic N) is 1. The van der Waals surface area contributed by atoms with Gasteiger partial charge in [-0.15, -0.1) is 12.4 Å². The molecule has 2 N–H and O–H groups in total. The molecule has 3 aliphatic rings. The number of amides is 1. The summed E-state index contributed by atoms with van der Waals surface area (Å²) in [5, 5.41) is 0. The fourth-order valence-corrected chi connectivity index (χ4v) is 4.22. The minimum atomic E-state index is 0. The molecule has 3 fully saturated rings. The summed E-state index contributed by atoms with van der Waals surface area (Å²) in [6.07, 6.45) is 5.91. The Bertz CT molecular complexity index is 329. The van der Waals surface area contributed by atoms with Gasteiger partial charge in [0.05, 0.1) is 12.0 Å². The van der Waals surface area contributed by atoms with Gasteiger partial charge >= 0.3 is 0 Å². The van der Waals surface area contributed by atoms with Crippen molar-refractivity contribution >= 4 is 18.3 Å². The summed E-state index contributed by atoms with van der Waals surface area (Å²) < 4.78 is 5.35. The molecule has 2 bridgehead atoms. The van der Waals surface area contributed by atoms with Gasteiger partial charge in [0.25, 0.3) is 0 Å². The molecular weight excluding hydrogens is 264 g/mol. The van der Waals surface area contributed by atoms with Crippen LogP contribution in [0.5, 0.6) is 0 Å². The molecule has 110 valence electrons. The lowest BCUT2D eigenvalue weighted by molar-refractivity contribution is -0.140. The standard InChI is InChI=1S/C14H24N2O2.ClH/c1-18-11-4-6-16(7-5-11)14(17)12-9-2-3-10(8-9)13(12)15;/h9-13H,2-8,15H2,1H3;1H. The SMILES string of the molecule is COC1CCN(C(=O)C2C3CCC(C3)C2N)CC1.Cl. The minimum absolute atomic E-state index is 0. The number of fused-ring (bicyclic) bond motifs is 2. The summed E-state index contributed by atoms with van der Waals surface area (Å²) in [5.74, 6) is 1.62. The van der Waals surface area contributed by atoms with Gasteiger partial charge in [0.15, 0.2) is 0 Å². The molecule has 0 spiro atoms. The Balaban J connectivity index is 0.00000133. The first-order valence-electron chi connectivity index (χ1n) is 7.28. The highest BCUT2D eigenvalue weighted by atomic mass is 35.5. The third kappa shape index (κ3) is 2.63. The van der Waals surface area contributed by atoms with Crippen LogP contribution in [0.25, 0.3) is 0 Å². The number of piperidine rings is 1. The van der Waals surface area contributed by atoms with E-state index in [4.69, 9.17) is 10.5 Å². The predicted molar refractivity (Wildman–Crippen MR) is 76.2 cm³/mol. The van der Waals surface area contributed by atoms with Crippen LogP contribution < -0.4 is 5.73 Å². The fraction of sp³-hybridized carbons (Fsp3) is 0.929. The van der Waals surface area contributed by atoms with Crippen LogP contribution in [0.1, 0.15) is 32.1 Å². The van der Waals surface area contributed by atoms with E-state index in [2.05, 4.69) is 0 Å². The van der Waals surface area contributed by atoms with E-state index in [9.17, 15) is 4.79 Å². The lowest BCUT2D eigenvalue weighted by Gasteiger charge is -2.36. The molecule has 0 aromatic carbocycles. The van der Waals surface area contributed by atoms with Crippen molar-refractivity contribution in [3.63, 3.8) is 0 Å². The summed E-state index contributed by atoms with van der Waals surface area (Å²) in [6.45, 7) is 1.69. The second-order valence-corrected chi connectivity index (χ2v) is 6.20. The first kappa shape index (κ1) is 15.1. The molecule has 5 heteroatoms. The van der Waals surface area contributed by atoms with Crippen LogP contribution in [-0.4, -0.2) is 43.2 Å². The number of ether oxygens (including phenoxy) is 1. The Hall–Kier alpha value is -0.320. The molecule has 4 atom stereocenters. The van der Waals surface area contributed by atoms with Crippen LogP contribution in [-0.2, 0) is 9.53 Å². The van der Waals surface area contributed by atoms with Gasteiger partial charge in [0.2, 0.25) is 5.91 Å². The average molecular weight is 289 g/mol. The molecule has 0 radical (unpaired) electrons. The van der Waals surface area contributed by atoms with Crippen molar-refractivity contribution in [3.8, 4) is 0 Å². The number of halogens is 1. The van der Waals surface area contributed by atoms with Crippen LogP contribution in [0.2, 0.25) is 0 Å². The number of hydrogen-bond acceptors (Lipinski definition) is 3. The van der Waals surface area contributed by atoms with Crippen molar-refractivity contribution in [2.75, 3.05) is 20.2 Å². The van der Waals surface area contributed by atoms with Gasteiger partial charge in [-0.3, -0.25) is 4.79 Å². The van der Waals surface area contributed by atoms with Crippen LogP contribution in [0.3, 0.4) is 0 Å². The number of carbonyl (C=O) groups is 1. The van der Waals surface area contributed by atoms with Crippen molar-refractivity contribution < 1.29 is 9.53 Å². The molecule has 19 heavy (non-hydrogen) atoms. The third-order valence-corrected chi connectivity index (χ3v) is 5.35. The summed E-state index contributed by atoms with van der Waals surface area (Å²) >= 11 is 0. The molecule has 1 aliphatic heterocycles. The van der Waals surface area contributed by atoms with Gasteiger partial charge < -0.3 is 15.4 Å². The van der Waals surface area contributed by atoms with Gasteiger partial charge in [0, 0.05) is 26.2 Å². The summed E-state index contributed by atoms with van der Waals surface area (Å²) in [5.41, 5.74) is 6.25. The largest absolute Gasteiger partial charge is 0.381 e. The lowest BCUT2D eigenvalue weighted by atomic mass is 9.83. The van der Waals surface area contributed by atoms with E-state index in [1.807, 2.05) is 4.90 Å². The zero-order valence-corrected chi connectivity index (χ0v) is 12.4. The van der Waals surface area contributed by atoms with Crippen molar-refractivity contribution in [2.45, 2.75) is 44.2 Å². The maximum absolute atomic E-state index is 12.6. The number of likely N-dealkylation sites (tertiary alicyclic amines) is 1. The molecule has 3 rings (SSSR count). The van der Waals surface area contributed by atoms with Gasteiger partial charge in [-0.2, -0.15) is 0 Å². The van der Waals surface area contributed by atoms with E-state index in [0.29, 0.717) is 23.8 Å². The second-order valence-electron chi connectivity index (χ2n) is 6.20. The number of methoxy groups -OCH3 is 1. The second kappa shape index (κ2) is 5.98. The van der Waals surface area contributed by atoms with Crippen LogP contribution >= 0.6 is 12.4 Å². The number of hydrogen-bond donors (Lipinski definition) is 1. The van der Waals surface area contributed by atoms with Crippen molar-refractivity contribution in [2.24, 2.45) is 23.5 Å². The quantitative estimate of drug-likeness (QED) is 0.836. The predicted octanol–water partition coefficient (Wildman–Crippen LogP) is 1.42. The first-order chi connectivity index (χ1) is 8.70. The van der Waals surface area contributed by atoms with Gasteiger partial charge in [0.1, 0.15) is 0 Å². The van der Waals surface area contributed by atoms with E-state index in [1.54, 1.807) is 7.11 Å². The molecule has 4 unspecified atom stereocenters. The normalized spacial score (nSPS) is 38.3. The smallest absolute Gasteiger partial charge is 0.227 e. The minimum Gasteiger partial charge on any atom is -0.381 e. The highest BCUT2D eigenvalue weighted by molar-refractivity contribution is 5.85. The molecular formula is C14H25ClN2O2. The summed E-state index contributed by atoms with van der Waals surface area (Å²) in [7, 11) is 1.76. The van der Waals surface area contributed by atoms with Gasteiger partial charge in [-0.1, -0.05) is 0 Å². The van der Waals surface area contributed by atoms with Crippen molar-refractivity contribution in [3.05, 3.63) is 0 Å². The van der Waals surface area contributed by atoms with E-state index in [0.717, 1.165) is 25.9 Å². The zero-order valence-electron chi connectivity index (χ0n) is 11.6. The third-order valence-electron chi connectivity index (χ3n) is 5.35. The lowest BCUT2D eigenvalue weighted by Crippen LogP contribution is -2.50. The first-order valence-corrected chi connectivity index (χ1v) is 7.28. The molecule has 4 nitrogen and oxygen atoms in total. The zero-order chi connectivity index (χ0) is 12.7. The van der Waals surface area contributed by atoms with Crippen molar-refractivity contribution in [1.29, 1.82) is 0 Å². The van der Waals surface area contributed by atoms with Gasteiger partial charge in [-0.25, -0.2) is 0 Å². The molecule has 2 aliphatic carbocycles. The van der Waals surface area contributed by atoms with Crippen LogP contribution in [0.4, 0.5) is 0 Å². The molecule has 0 aromatic heterocycles. The molecule has 2 saturated carbocycles. The highest BCUT2D eigenvalue weighted by Crippen LogP contribution is 2.48. The monoisotopic (exact) mass is 288 g/mol. The van der Waals surface area contributed by atoms with Crippen LogP contribution in [0, 0.1) is 17.8 Å². The van der Waals surface area contributed by atoms with E-state index in [1.165, 1.54) is 19.3 Å². The Morgan fingerprint density at radius 1 is 1.16 bits per heavy atom. The van der Waals surface area contributed by atoms with Crippen molar-refractivity contribution in [1.82, 2.24) is 4.90 Å². The number of rotatable bonds is 2. The van der Waals surface area contributed by atoms with E-state index >= 15 is 0 Å². The molecule has 1 amide bonds. The molecule has 1 heterocycles. The number of nitrogens with two attached hydrogens (primary N) is 1. The number of carbonyl (C=O) groups excluding carboxylic acids is 1. The Morgan fingerprint density at radius 3 is 2.32 bits per heavy atom. The summed E-state index contributed by atoms with van der Waals surface area (Å²) in [4.78, 5) is 14.6. The fourth-order valence-electron chi connectivity index (χ4n) is 4.22. The Morgan fingerprint density at radius 2 is 1.79 bits per heavy atom.